The highest BCUT2D eigenvalue weighted by Crippen LogP contribution is 2.08. The van der Waals surface area contributed by atoms with Gasteiger partial charge in [-0.3, -0.25) is 0 Å². The topological polar surface area (TPSA) is 47.7 Å². The smallest absolute Gasteiger partial charge is 0.128 e. The van der Waals surface area contributed by atoms with Crippen molar-refractivity contribution in [2.24, 2.45) is 14.1 Å². The monoisotopic (exact) mass is 221 g/mol. The van der Waals surface area contributed by atoms with Gasteiger partial charge in [-0.15, -0.1) is 0 Å². The average Bonchev–Trinajstić information content (AvgIpc) is 2.76. The fraction of sp³-hybridized carbons (Fsp3) is 0.455. The molecule has 5 nitrogen and oxygen atoms in total. The van der Waals surface area contributed by atoms with E-state index >= 15 is 0 Å². The van der Waals surface area contributed by atoms with Crippen molar-refractivity contribution < 1.29 is 0 Å². The molecule has 2 heterocycles. The highest BCUT2D eigenvalue weighted by molar-refractivity contribution is 5.39. The van der Waals surface area contributed by atoms with Gasteiger partial charge < -0.3 is 14.5 Å². The molecule has 0 fully saturated rings. The predicted molar refractivity (Wildman–Crippen MR) is 65.4 cm³/mol. The molecule has 0 radical (unpaired) electrons. The van der Waals surface area contributed by atoms with Crippen molar-refractivity contribution in [3.05, 3.63) is 30.2 Å². The van der Waals surface area contributed by atoms with Gasteiger partial charge in [-0.05, 0) is 13.8 Å². The lowest BCUT2D eigenvalue weighted by molar-refractivity contribution is 0.873. The van der Waals surface area contributed by atoms with E-state index < -0.39 is 0 Å². The second kappa shape index (κ2) is 5.34. The van der Waals surface area contributed by atoms with Crippen molar-refractivity contribution in [1.29, 1.82) is 0 Å². The van der Waals surface area contributed by atoms with Crippen molar-refractivity contribution in [3.63, 3.8) is 0 Å². The number of nitrogens with zero attached hydrogens (tertiary/aromatic N) is 4. The van der Waals surface area contributed by atoms with Crippen LogP contribution in [0.3, 0.4) is 0 Å². The standard InChI is InChI=1S/C6H11N3.C5H8N2/c1-5-6(7-2)9(3)4-8-5;1-5-3-6-4-7(5)2/h4,7H,1-3H3;3-4H,1-2H3. The Bertz CT molecular complexity index is 405. The number of aromatic nitrogens is 4. The summed E-state index contributed by atoms with van der Waals surface area (Å²) in [4.78, 5) is 7.97. The van der Waals surface area contributed by atoms with Crippen molar-refractivity contribution in [2.45, 2.75) is 13.8 Å². The average molecular weight is 221 g/mol. The largest absolute Gasteiger partial charge is 0.373 e. The maximum Gasteiger partial charge on any atom is 0.128 e. The lowest BCUT2D eigenvalue weighted by Crippen LogP contribution is -1.96. The maximum atomic E-state index is 4.09. The number of hydrogen-bond donors (Lipinski definition) is 1. The van der Waals surface area contributed by atoms with Gasteiger partial charge in [-0.2, -0.15) is 0 Å². The number of anilines is 1. The summed E-state index contributed by atoms with van der Waals surface area (Å²) in [5, 5.41) is 3.04. The van der Waals surface area contributed by atoms with Crippen molar-refractivity contribution in [1.82, 2.24) is 19.1 Å². The van der Waals surface area contributed by atoms with Crippen LogP contribution in [-0.4, -0.2) is 26.1 Å². The molecule has 0 aromatic carbocycles. The van der Waals surface area contributed by atoms with Gasteiger partial charge in [0.2, 0.25) is 0 Å². The highest BCUT2D eigenvalue weighted by atomic mass is 15.1. The van der Waals surface area contributed by atoms with Gasteiger partial charge in [0.1, 0.15) is 5.82 Å². The Balaban J connectivity index is 0.000000165. The first-order valence-corrected chi connectivity index (χ1v) is 5.14. The molecule has 5 heteroatoms. The number of rotatable bonds is 1. The molecule has 0 aliphatic carbocycles. The summed E-state index contributed by atoms with van der Waals surface area (Å²) in [6.45, 7) is 4.00. The van der Waals surface area contributed by atoms with Gasteiger partial charge in [-0.1, -0.05) is 0 Å². The molecule has 2 rings (SSSR count). The number of nitrogens with one attached hydrogen (secondary N) is 1. The van der Waals surface area contributed by atoms with Crippen LogP contribution < -0.4 is 5.32 Å². The maximum absolute atomic E-state index is 4.09. The van der Waals surface area contributed by atoms with E-state index in [4.69, 9.17) is 0 Å². The normalized spacial score (nSPS) is 9.56. The molecule has 0 saturated carbocycles. The molecule has 0 spiro atoms. The zero-order chi connectivity index (χ0) is 12.1. The minimum absolute atomic E-state index is 1.04. The van der Waals surface area contributed by atoms with E-state index in [1.807, 2.05) is 50.3 Å². The molecule has 0 atom stereocenters. The second-order valence-corrected chi connectivity index (χ2v) is 3.69. The van der Waals surface area contributed by atoms with Gasteiger partial charge in [0, 0.05) is 33.0 Å². The summed E-state index contributed by atoms with van der Waals surface area (Å²) in [5.41, 5.74) is 2.24. The molecule has 0 unspecified atom stereocenters. The van der Waals surface area contributed by atoms with Crippen LogP contribution in [0, 0.1) is 13.8 Å². The van der Waals surface area contributed by atoms with E-state index in [1.165, 1.54) is 5.69 Å². The molecule has 0 saturated heterocycles. The Kier molecular flexibility index (Phi) is 4.10. The molecular weight excluding hydrogens is 202 g/mol. The fourth-order valence-corrected chi connectivity index (χ4v) is 1.33. The number of aryl methyl sites for hydroxylation is 4. The first-order valence-electron chi connectivity index (χ1n) is 5.14. The summed E-state index contributed by atoms with van der Waals surface area (Å²) in [6, 6.07) is 0. The van der Waals surface area contributed by atoms with Crippen LogP contribution in [0.1, 0.15) is 11.4 Å². The van der Waals surface area contributed by atoms with Crippen molar-refractivity contribution >= 4 is 5.82 Å². The molecule has 0 bridgehead atoms. The first-order chi connectivity index (χ1) is 7.56. The molecule has 2 aromatic rings. The van der Waals surface area contributed by atoms with E-state index in [1.54, 1.807) is 12.7 Å². The number of imidazole rings is 2. The van der Waals surface area contributed by atoms with Crippen LogP contribution in [0.25, 0.3) is 0 Å². The van der Waals surface area contributed by atoms with Crippen LogP contribution in [-0.2, 0) is 14.1 Å². The molecule has 16 heavy (non-hydrogen) atoms. The number of hydrogen-bond acceptors (Lipinski definition) is 3. The molecule has 2 aromatic heterocycles. The Labute approximate surface area is 96.1 Å². The second-order valence-electron chi connectivity index (χ2n) is 3.69. The van der Waals surface area contributed by atoms with Crippen LogP contribution in [0.15, 0.2) is 18.9 Å². The SMILES string of the molecule is CNc1c(C)ncn1C.Cc1cncn1C. The van der Waals surface area contributed by atoms with Crippen molar-refractivity contribution in [2.75, 3.05) is 12.4 Å². The van der Waals surface area contributed by atoms with Gasteiger partial charge >= 0.3 is 0 Å². The third-order valence-corrected chi connectivity index (χ3v) is 2.41. The minimum atomic E-state index is 1.04. The summed E-state index contributed by atoms with van der Waals surface area (Å²) in [6.07, 6.45) is 5.41. The quantitative estimate of drug-likeness (QED) is 0.794. The lowest BCUT2D eigenvalue weighted by atomic mass is 10.5. The summed E-state index contributed by atoms with van der Waals surface area (Å²) >= 11 is 0. The molecular formula is C11H19N5. The van der Waals surface area contributed by atoms with Gasteiger partial charge in [-0.25, -0.2) is 9.97 Å². The van der Waals surface area contributed by atoms with Crippen molar-refractivity contribution in [3.8, 4) is 0 Å². The Morgan fingerprint density at radius 2 is 1.81 bits per heavy atom. The Morgan fingerprint density at radius 1 is 1.12 bits per heavy atom. The molecule has 0 amide bonds. The third kappa shape index (κ3) is 2.85. The lowest BCUT2D eigenvalue weighted by Gasteiger charge is -1.99. The Hall–Kier alpha value is -1.78. The molecule has 0 aliphatic heterocycles. The van der Waals surface area contributed by atoms with E-state index in [0.29, 0.717) is 0 Å². The van der Waals surface area contributed by atoms with Crippen LogP contribution in [0.4, 0.5) is 5.82 Å². The van der Waals surface area contributed by atoms with Gasteiger partial charge in [0.15, 0.2) is 0 Å². The summed E-state index contributed by atoms with van der Waals surface area (Å²) in [7, 11) is 5.83. The fourth-order valence-electron chi connectivity index (χ4n) is 1.33. The summed E-state index contributed by atoms with van der Waals surface area (Å²) in [5.74, 6) is 1.08. The summed E-state index contributed by atoms with van der Waals surface area (Å²) < 4.78 is 3.93. The molecule has 88 valence electrons. The minimum Gasteiger partial charge on any atom is -0.373 e. The highest BCUT2D eigenvalue weighted by Gasteiger charge is 1.98. The molecule has 0 aliphatic rings. The Morgan fingerprint density at radius 3 is 2.00 bits per heavy atom. The van der Waals surface area contributed by atoms with Gasteiger partial charge in [0.25, 0.3) is 0 Å². The zero-order valence-corrected chi connectivity index (χ0v) is 10.5. The van der Waals surface area contributed by atoms with Crippen LogP contribution in [0.5, 0.6) is 0 Å². The van der Waals surface area contributed by atoms with E-state index in [0.717, 1.165) is 11.5 Å². The van der Waals surface area contributed by atoms with Crippen LogP contribution in [0.2, 0.25) is 0 Å². The van der Waals surface area contributed by atoms with E-state index in [2.05, 4.69) is 15.3 Å². The van der Waals surface area contributed by atoms with Gasteiger partial charge in [0.05, 0.1) is 18.3 Å². The molecule has 1 N–H and O–H groups in total. The van der Waals surface area contributed by atoms with Crippen LogP contribution >= 0.6 is 0 Å². The first kappa shape index (κ1) is 12.3. The predicted octanol–water partition coefficient (Wildman–Crippen LogP) is 1.50. The van der Waals surface area contributed by atoms with E-state index in [9.17, 15) is 0 Å². The third-order valence-electron chi connectivity index (χ3n) is 2.41. The zero-order valence-electron chi connectivity index (χ0n) is 10.5. The van der Waals surface area contributed by atoms with E-state index in [-0.39, 0.29) is 0 Å².